The molecule has 7 nitrogen and oxygen atoms in total. The molecule has 1 heterocycles. The van der Waals surface area contributed by atoms with E-state index in [1.807, 2.05) is 30.3 Å². The van der Waals surface area contributed by atoms with Gasteiger partial charge in [-0.3, -0.25) is 9.59 Å². The molecule has 1 unspecified atom stereocenters. The largest absolute Gasteiger partial charge is 0.503 e. The molecular weight excluding hydrogens is 446 g/mol. The summed E-state index contributed by atoms with van der Waals surface area (Å²) in [7, 11) is 3.07. The highest BCUT2D eigenvalue weighted by Gasteiger charge is 2.43. The van der Waals surface area contributed by atoms with E-state index in [-0.39, 0.29) is 18.7 Å². The Labute approximate surface area is 206 Å². The van der Waals surface area contributed by atoms with Crippen LogP contribution in [0.3, 0.4) is 0 Å². The van der Waals surface area contributed by atoms with Gasteiger partial charge in [0.15, 0.2) is 23.0 Å². The van der Waals surface area contributed by atoms with Gasteiger partial charge in [0, 0.05) is 13.7 Å². The molecular formula is C28H33NO6. The number of aliphatic hydroxyl groups excluding tert-OH is 1. The van der Waals surface area contributed by atoms with Gasteiger partial charge >= 0.3 is 0 Å². The van der Waals surface area contributed by atoms with Gasteiger partial charge in [-0.25, -0.2) is 0 Å². The first kappa shape index (κ1) is 26.0. The van der Waals surface area contributed by atoms with Crippen molar-refractivity contribution in [2.24, 2.45) is 5.92 Å². The topological polar surface area (TPSA) is 85.3 Å². The number of hydrogen-bond acceptors (Lipinski definition) is 6. The third kappa shape index (κ3) is 6.31. The minimum atomic E-state index is -0.788. The van der Waals surface area contributed by atoms with E-state index in [4.69, 9.17) is 14.2 Å². The number of ketones is 1. The summed E-state index contributed by atoms with van der Waals surface area (Å²) in [4.78, 5) is 27.6. The zero-order valence-electron chi connectivity index (χ0n) is 20.7. The van der Waals surface area contributed by atoms with E-state index in [0.29, 0.717) is 29.6 Å². The first-order chi connectivity index (χ1) is 16.9. The van der Waals surface area contributed by atoms with Crippen LogP contribution in [0.4, 0.5) is 0 Å². The Morgan fingerprint density at radius 2 is 1.83 bits per heavy atom. The third-order valence-corrected chi connectivity index (χ3v) is 5.79. The van der Waals surface area contributed by atoms with Gasteiger partial charge in [-0.15, -0.1) is 0 Å². The summed E-state index contributed by atoms with van der Waals surface area (Å²) >= 11 is 0. The second-order valence-corrected chi connectivity index (χ2v) is 8.71. The van der Waals surface area contributed by atoms with E-state index in [0.717, 1.165) is 12.0 Å². The fourth-order valence-corrected chi connectivity index (χ4v) is 3.88. The number of carbonyl (C=O) groups is 2. The van der Waals surface area contributed by atoms with Crippen LogP contribution < -0.4 is 9.47 Å². The van der Waals surface area contributed by atoms with Gasteiger partial charge < -0.3 is 24.2 Å². The minimum absolute atomic E-state index is 0.0220. The Bertz CT molecular complexity index is 1090. The van der Waals surface area contributed by atoms with E-state index in [1.165, 1.54) is 18.1 Å². The fourth-order valence-electron chi connectivity index (χ4n) is 3.88. The maximum atomic E-state index is 13.2. The summed E-state index contributed by atoms with van der Waals surface area (Å²) in [6.07, 6.45) is 3.94. The third-order valence-electron chi connectivity index (χ3n) is 5.79. The highest BCUT2D eigenvalue weighted by molar-refractivity contribution is 6.14. The van der Waals surface area contributed by atoms with Gasteiger partial charge in [0.2, 0.25) is 0 Å². The van der Waals surface area contributed by atoms with Crippen LogP contribution in [0.5, 0.6) is 11.5 Å². The molecule has 1 aliphatic heterocycles. The van der Waals surface area contributed by atoms with E-state index in [2.05, 4.69) is 13.8 Å². The number of carbonyl (C=O) groups excluding carboxylic acids is 2. The lowest BCUT2D eigenvalue weighted by molar-refractivity contribution is -0.130. The minimum Gasteiger partial charge on any atom is -0.503 e. The van der Waals surface area contributed by atoms with E-state index in [1.54, 1.807) is 31.4 Å². The number of allylic oxidation sites excluding steroid dienone is 1. The molecule has 35 heavy (non-hydrogen) atoms. The van der Waals surface area contributed by atoms with Crippen molar-refractivity contribution in [2.75, 3.05) is 34.0 Å². The highest BCUT2D eigenvalue weighted by Crippen LogP contribution is 2.41. The zero-order valence-corrected chi connectivity index (χ0v) is 20.7. The van der Waals surface area contributed by atoms with Crippen molar-refractivity contribution < 1.29 is 28.9 Å². The van der Waals surface area contributed by atoms with E-state index >= 15 is 0 Å². The van der Waals surface area contributed by atoms with Crippen molar-refractivity contribution in [2.45, 2.75) is 26.3 Å². The zero-order chi connectivity index (χ0) is 25.4. The van der Waals surface area contributed by atoms with Crippen molar-refractivity contribution in [1.29, 1.82) is 0 Å². The standard InChI is InChI=1S/C28H33NO6/c1-19(2)14-16-35-23-13-11-21(18-24(23)34-4)26-25(27(31)28(32)29(26)15-17-33-3)22(30)12-10-20-8-6-5-7-9-20/h5-13,18-19,26,31H,14-17H2,1-4H3. The number of rotatable bonds is 12. The molecule has 0 fully saturated rings. The smallest absolute Gasteiger partial charge is 0.290 e. The number of aliphatic hydroxyl groups is 1. The number of amides is 1. The van der Waals surface area contributed by atoms with Crippen LogP contribution >= 0.6 is 0 Å². The quantitative estimate of drug-likeness (QED) is 0.443. The summed E-state index contributed by atoms with van der Waals surface area (Å²) in [5, 5.41) is 10.7. The Kier molecular flexibility index (Phi) is 9.09. The molecule has 2 aromatic carbocycles. The number of methoxy groups -OCH3 is 2. The Morgan fingerprint density at radius 3 is 2.49 bits per heavy atom. The van der Waals surface area contributed by atoms with E-state index < -0.39 is 23.5 Å². The Balaban J connectivity index is 1.96. The van der Waals surface area contributed by atoms with Gasteiger partial charge in [0.05, 0.1) is 31.9 Å². The second kappa shape index (κ2) is 12.2. The van der Waals surface area contributed by atoms with Crippen LogP contribution in [0.15, 0.2) is 65.9 Å². The fraction of sp³-hybridized carbons (Fsp3) is 0.357. The average molecular weight is 480 g/mol. The predicted octanol–water partition coefficient (Wildman–Crippen LogP) is 4.74. The molecule has 0 bridgehead atoms. The lowest BCUT2D eigenvalue weighted by atomic mass is 9.95. The predicted molar refractivity (Wildman–Crippen MR) is 134 cm³/mol. The van der Waals surface area contributed by atoms with Crippen molar-refractivity contribution >= 4 is 17.8 Å². The van der Waals surface area contributed by atoms with Crippen LogP contribution in [0.25, 0.3) is 6.08 Å². The molecule has 0 aromatic heterocycles. The van der Waals surface area contributed by atoms with E-state index in [9.17, 15) is 14.7 Å². The summed E-state index contributed by atoms with van der Waals surface area (Å²) < 4.78 is 16.6. The molecule has 1 N–H and O–H groups in total. The molecule has 186 valence electrons. The summed E-state index contributed by atoms with van der Waals surface area (Å²) in [5.41, 5.74) is 1.49. The molecule has 0 spiro atoms. The highest BCUT2D eigenvalue weighted by atomic mass is 16.5. The van der Waals surface area contributed by atoms with Crippen LogP contribution in [0.2, 0.25) is 0 Å². The first-order valence-electron chi connectivity index (χ1n) is 11.7. The van der Waals surface area contributed by atoms with Crippen molar-refractivity contribution in [3.8, 4) is 11.5 Å². The lowest BCUT2D eigenvalue weighted by Crippen LogP contribution is -2.33. The normalized spacial score (nSPS) is 16.0. The maximum Gasteiger partial charge on any atom is 0.290 e. The van der Waals surface area contributed by atoms with Crippen LogP contribution in [0.1, 0.15) is 37.4 Å². The van der Waals surface area contributed by atoms with Crippen LogP contribution in [0, 0.1) is 5.92 Å². The molecule has 0 saturated carbocycles. The number of ether oxygens (including phenoxy) is 3. The molecule has 0 saturated heterocycles. The molecule has 3 rings (SSSR count). The second-order valence-electron chi connectivity index (χ2n) is 8.71. The lowest BCUT2D eigenvalue weighted by Gasteiger charge is -2.27. The Morgan fingerprint density at radius 1 is 1.09 bits per heavy atom. The van der Waals surface area contributed by atoms with Crippen molar-refractivity contribution in [1.82, 2.24) is 4.90 Å². The Hall–Kier alpha value is -3.58. The monoisotopic (exact) mass is 479 g/mol. The summed E-state index contributed by atoms with van der Waals surface area (Å²) in [6, 6.07) is 13.9. The number of hydrogen-bond donors (Lipinski definition) is 1. The molecule has 2 aromatic rings. The van der Waals surface area contributed by atoms with Gasteiger partial charge in [-0.1, -0.05) is 56.3 Å². The maximum absolute atomic E-state index is 13.2. The molecule has 7 heteroatoms. The van der Waals surface area contributed by atoms with Gasteiger partial charge in [-0.2, -0.15) is 0 Å². The average Bonchev–Trinajstić information content (AvgIpc) is 3.11. The molecule has 0 aliphatic carbocycles. The van der Waals surface area contributed by atoms with Gasteiger partial charge in [-0.05, 0) is 41.7 Å². The summed E-state index contributed by atoms with van der Waals surface area (Å²) in [5.74, 6) is -0.0338. The summed E-state index contributed by atoms with van der Waals surface area (Å²) in [6.45, 7) is 5.25. The van der Waals surface area contributed by atoms with Crippen molar-refractivity contribution in [3.63, 3.8) is 0 Å². The van der Waals surface area contributed by atoms with Crippen LogP contribution in [-0.4, -0.2) is 55.7 Å². The molecule has 1 aliphatic rings. The molecule has 1 amide bonds. The number of nitrogens with zero attached hydrogens (tertiary/aromatic N) is 1. The van der Waals surface area contributed by atoms with Crippen molar-refractivity contribution in [3.05, 3.63) is 77.1 Å². The molecule has 0 radical (unpaired) electrons. The first-order valence-corrected chi connectivity index (χ1v) is 11.7. The molecule has 1 atom stereocenters. The SMILES string of the molecule is COCCN1C(=O)C(O)=C(C(=O)C=Cc2ccccc2)C1c1ccc(OCCC(C)C)c(OC)c1. The van der Waals surface area contributed by atoms with Gasteiger partial charge in [0.1, 0.15) is 0 Å². The van der Waals surface area contributed by atoms with Gasteiger partial charge in [0.25, 0.3) is 5.91 Å². The van der Waals surface area contributed by atoms with Crippen LogP contribution in [-0.2, 0) is 14.3 Å². The number of benzene rings is 2.